The molecule has 0 unspecified atom stereocenters. The summed E-state index contributed by atoms with van der Waals surface area (Å²) < 4.78 is 24.3. The Morgan fingerprint density at radius 1 is 1.04 bits per heavy atom. The second-order valence-corrected chi connectivity index (χ2v) is 6.74. The predicted molar refractivity (Wildman–Crippen MR) is 90.8 cm³/mol. The quantitative estimate of drug-likeness (QED) is 0.592. The van der Waals surface area contributed by atoms with Crippen LogP contribution in [-0.4, -0.2) is 19.6 Å². The van der Waals surface area contributed by atoms with Gasteiger partial charge < -0.3 is 0 Å². The Morgan fingerprint density at radius 3 is 2.57 bits per heavy atom. The number of sulfonamides is 1. The van der Waals surface area contributed by atoms with Gasteiger partial charge in [-0.1, -0.05) is 35.9 Å². The molecule has 0 radical (unpaired) electrons. The van der Waals surface area contributed by atoms with Gasteiger partial charge in [-0.05, 0) is 31.2 Å². The van der Waals surface area contributed by atoms with E-state index in [1.165, 1.54) is 6.21 Å². The Hall–Kier alpha value is -2.73. The van der Waals surface area contributed by atoms with Crippen molar-refractivity contribution in [1.82, 2.24) is 9.82 Å². The lowest BCUT2D eigenvalue weighted by molar-refractivity contribution is 0.584. The van der Waals surface area contributed by atoms with Crippen LogP contribution in [-0.2, 0) is 10.0 Å². The van der Waals surface area contributed by atoms with Crippen LogP contribution in [0.5, 0.6) is 0 Å². The monoisotopic (exact) mass is 325 g/mol. The van der Waals surface area contributed by atoms with Crippen molar-refractivity contribution in [2.45, 2.75) is 11.8 Å². The highest BCUT2D eigenvalue weighted by molar-refractivity contribution is 7.89. The van der Waals surface area contributed by atoms with Crippen molar-refractivity contribution in [2.24, 2.45) is 5.10 Å². The highest BCUT2D eigenvalue weighted by Gasteiger charge is 2.11. The van der Waals surface area contributed by atoms with Crippen molar-refractivity contribution in [3.8, 4) is 0 Å². The number of aromatic nitrogens is 1. The van der Waals surface area contributed by atoms with Gasteiger partial charge >= 0.3 is 0 Å². The molecule has 0 bridgehead atoms. The lowest BCUT2D eigenvalue weighted by atomic mass is 10.1. The summed E-state index contributed by atoms with van der Waals surface area (Å²) in [6.45, 7) is 1.90. The molecular weight excluding hydrogens is 310 g/mol. The maximum Gasteiger partial charge on any atom is 0.276 e. The van der Waals surface area contributed by atoms with Gasteiger partial charge in [-0.15, -0.1) is 0 Å². The molecule has 0 spiro atoms. The normalized spacial score (nSPS) is 11.9. The van der Waals surface area contributed by atoms with Gasteiger partial charge in [-0.2, -0.15) is 13.5 Å². The number of pyridine rings is 1. The first-order valence-corrected chi connectivity index (χ1v) is 8.50. The third-order valence-electron chi connectivity index (χ3n) is 3.39. The van der Waals surface area contributed by atoms with Crippen molar-refractivity contribution in [1.29, 1.82) is 0 Å². The minimum Gasteiger partial charge on any atom is -0.256 e. The Morgan fingerprint density at radius 2 is 1.78 bits per heavy atom. The molecule has 5 nitrogen and oxygen atoms in total. The van der Waals surface area contributed by atoms with Gasteiger partial charge in [-0.25, -0.2) is 4.83 Å². The molecule has 0 saturated heterocycles. The van der Waals surface area contributed by atoms with Crippen molar-refractivity contribution < 1.29 is 8.42 Å². The molecule has 1 aromatic heterocycles. The van der Waals surface area contributed by atoms with E-state index in [9.17, 15) is 8.42 Å². The molecule has 0 saturated carbocycles. The van der Waals surface area contributed by atoms with Crippen LogP contribution in [0.2, 0.25) is 0 Å². The Kier molecular flexibility index (Phi) is 4.08. The molecule has 3 rings (SSSR count). The Bertz CT molecular complexity index is 959. The zero-order valence-electron chi connectivity index (χ0n) is 12.5. The third-order valence-corrected chi connectivity index (χ3v) is 4.63. The summed E-state index contributed by atoms with van der Waals surface area (Å²) in [6.07, 6.45) is 3.15. The highest BCUT2D eigenvalue weighted by Crippen LogP contribution is 2.14. The van der Waals surface area contributed by atoms with Gasteiger partial charge in [0.15, 0.2) is 0 Å². The van der Waals surface area contributed by atoms with Crippen molar-refractivity contribution >= 4 is 27.1 Å². The lowest BCUT2D eigenvalue weighted by Gasteiger charge is -2.04. The summed E-state index contributed by atoms with van der Waals surface area (Å²) in [5.41, 5.74) is 2.62. The van der Waals surface area contributed by atoms with Crippen molar-refractivity contribution in [3.63, 3.8) is 0 Å². The van der Waals surface area contributed by atoms with E-state index < -0.39 is 10.0 Å². The maximum absolute atomic E-state index is 12.2. The van der Waals surface area contributed by atoms with Crippen molar-refractivity contribution in [2.75, 3.05) is 0 Å². The minimum absolute atomic E-state index is 0.180. The number of nitrogens with zero attached hydrogens (tertiary/aromatic N) is 2. The number of nitrogens with one attached hydrogen (secondary N) is 1. The van der Waals surface area contributed by atoms with Crippen LogP contribution in [0.3, 0.4) is 0 Å². The van der Waals surface area contributed by atoms with E-state index in [0.29, 0.717) is 0 Å². The van der Waals surface area contributed by atoms with Gasteiger partial charge in [0.2, 0.25) is 0 Å². The van der Waals surface area contributed by atoms with E-state index in [-0.39, 0.29) is 4.90 Å². The van der Waals surface area contributed by atoms with E-state index in [1.54, 1.807) is 36.5 Å². The summed E-state index contributed by atoms with van der Waals surface area (Å²) in [5.74, 6) is 0. The molecule has 0 aliphatic rings. The Balaban J connectivity index is 1.84. The number of hydrogen-bond donors (Lipinski definition) is 1. The predicted octanol–water partition coefficient (Wildman–Crippen LogP) is 2.86. The Labute approximate surface area is 134 Å². The first-order valence-electron chi connectivity index (χ1n) is 7.01. The van der Waals surface area contributed by atoms with Crippen LogP contribution >= 0.6 is 0 Å². The van der Waals surface area contributed by atoms with Gasteiger partial charge in [0.1, 0.15) is 0 Å². The van der Waals surface area contributed by atoms with E-state index in [1.807, 2.05) is 31.2 Å². The molecule has 0 fully saturated rings. The van der Waals surface area contributed by atoms with Crippen LogP contribution in [0.1, 0.15) is 11.1 Å². The van der Waals surface area contributed by atoms with E-state index in [0.717, 1.165) is 22.0 Å². The van der Waals surface area contributed by atoms with Crippen LogP contribution in [0, 0.1) is 6.92 Å². The molecule has 0 aliphatic heterocycles. The molecule has 23 heavy (non-hydrogen) atoms. The molecule has 2 aromatic carbocycles. The average Bonchev–Trinajstić information content (AvgIpc) is 2.55. The van der Waals surface area contributed by atoms with Crippen LogP contribution in [0.15, 0.2) is 70.8 Å². The van der Waals surface area contributed by atoms with Gasteiger partial charge in [0.25, 0.3) is 10.0 Å². The van der Waals surface area contributed by atoms with Gasteiger partial charge in [0, 0.05) is 17.1 Å². The van der Waals surface area contributed by atoms with E-state index in [4.69, 9.17) is 0 Å². The fraction of sp³-hybridized carbons (Fsp3) is 0.0588. The number of benzene rings is 2. The smallest absolute Gasteiger partial charge is 0.256 e. The van der Waals surface area contributed by atoms with Gasteiger partial charge in [0.05, 0.1) is 16.6 Å². The molecule has 1 N–H and O–H groups in total. The zero-order valence-corrected chi connectivity index (χ0v) is 13.3. The molecule has 1 heterocycles. The first-order chi connectivity index (χ1) is 11.1. The molecular formula is C17H15N3O2S. The van der Waals surface area contributed by atoms with Crippen LogP contribution in [0.4, 0.5) is 0 Å². The first kappa shape index (κ1) is 15.2. The van der Waals surface area contributed by atoms with Gasteiger partial charge in [-0.3, -0.25) is 4.98 Å². The summed E-state index contributed by atoms with van der Waals surface area (Å²) >= 11 is 0. The van der Waals surface area contributed by atoms with Crippen LogP contribution < -0.4 is 4.83 Å². The highest BCUT2D eigenvalue weighted by atomic mass is 32.2. The number of fused-ring (bicyclic) bond motifs is 1. The lowest BCUT2D eigenvalue weighted by Crippen LogP contribution is -2.18. The summed E-state index contributed by atoms with van der Waals surface area (Å²) in [4.78, 5) is 6.66. The summed E-state index contributed by atoms with van der Waals surface area (Å²) in [7, 11) is -3.66. The van der Waals surface area contributed by atoms with Crippen LogP contribution in [0.25, 0.3) is 10.9 Å². The second-order valence-electron chi connectivity index (χ2n) is 5.08. The SMILES string of the molecule is Cc1ccc(S(=O)(=O)NN=Cc2ccnc3ccccc23)cc1. The molecule has 116 valence electrons. The second kappa shape index (κ2) is 6.18. The summed E-state index contributed by atoms with van der Waals surface area (Å²) in [5, 5.41) is 4.78. The molecule has 6 heteroatoms. The van der Waals surface area contributed by atoms with E-state index in [2.05, 4.69) is 14.9 Å². The standard InChI is InChI=1S/C17H15N3O2S/c1-13-6-8-15(9-7-13)23(21,22)20-19-12-14-10-11-18-17-5-3-2-4-16(14)17/h2-12,20H,1H3. The topological polar surface area (TPSA) is 71.4 Å². The number of para-hydroxylation sites is 1. The summed E-state index contributed by atoms with van der Waals surface area (Å²) in [6, 6.07) is 16.0. The number of hydrogen-bond acceptors (Lipinski definition) is 4. The molecule has 0 aliphatic carbocycles. The average molecular weight is 325 g/mol. The van der Waals surface area contributed by atoms with E-state index >= 15 is 0 Å². The number of hydrazone groups is 1. The fourth-order valence-electron chi connectivity index (χ4n) is 2.17. The molecule has 0 amide bonds. The minimum atomic E-state index is -3.66. The maximum atomic E-state index is 12.2. The fourth-order valence-corrected chi connectivity index (χ4v) is 2.96. The number of aryl methyl sites for hydroxylation is 1. The third kappa shape index (κ3) is 3.37. The largest absolute Gasteiger partial charge is 0.276 e. The van der Waals surface area contributed by atoms with Crippen molar-refractivity contribution in [3.05, 3.63) is 71.9 Å². The molecule has 0 atom stereocenters. The number of rotatable bonds is 4. The zero-order chi connectivity index (χ0) is 16.3. The molecule has 3 aromatic rings.